The molecule has 0 aromatic heterocycles. The van der Waals surface area contributed by atoms with E-state index < -0.39 is 30.3 Å². The molecule has 0 heterocycles. The maximum atomic E-state index is 14.3. The number of benzene rings is 1. The number of amides is 1. The van der Waals surface area contributed by atoms with Gasteiger partial charge in [-0.25, -0.2) is 13.2 Å². The van der Waals surface area contributed by atoms with Crippen LogP contribution in [0.4, 0.5) is 13.2 Å². The molecule has 2 rings (SSSR count). The minimum absolute atomic E-state index is 0.0570. The maximum Gasteiger partial charge on any atom is 0.290 e. The van der Waals surface area contributed by atoms with Crippen molar-refractivity contribution in [2.24, 2.45) is 0 Å². The Morgan fingerprint density at radius 3 is 2.37 bits per heavy atom. The van der Waals surface area contributed by atoms with E-state index in [1.54, 1.807) is 30.3 Å². The Labute approximate surface area is 110 Å². The van der Waals surface area contributed by atoms with Crippen LogP contribution in [0.3, 0.4) is 0 Å². The highest BCUT2D eigenvalue weighted by atomic mass is 19.3. The van der Waals surface area contributed by atoms with E-state index in [1.165, 1.54) is 0 Å². The third-order valence-corrected chi connectivity index (χ3v) is 3.50. The molecule has 1 aliphatic rings. The smallest absolute Gasteiger partial charge is 0.290 e. The van der Waals surface area contributed by atoms with Crippen molar-refractivity contribution in [3.8, 4) is 0 Å². The van der Waals surface area contributed by atoms with E-state index in [2.05, 4.69) is 5.32 Å². The molecule has 0 bridgehead atoms. The van der Waals surface area contributed by atoms with Crippen LogP contribution in [0.1, 0.15) is 31.2 Å². The van der Waals surface area contributed by atoms with Crippen LogP contribution in [0.25, 0.3) is 0 Å². The van der Waals surface area contributed by atoms with Gasteiger partial charge in [-0.05, 0) is 24.8 Å². The summed E-state index contributed by atoms with van der Waals surface area (Å²) in [6, 6.07) is 8.81. The summed E-state index contributed by atoms with van der Waals surface area (Å²) >= 11 is 0. The zero-order valence-electron chi connectivity index (χ0n) is 10.5. The summed E-state index contributed by atoms with van der Waals surface area (Å²) in [6.45, 7) is 0.0570. The molecule has 1 aliphatic carbocycles. The Balaban J connectivity index is 2.02. The number of alkyl halides is 3. The van der Waals surface area contributed by atoms with Gasteiger partial charge < -0.3 is 5.32 Å². The van der Waals surface area contributed by atoms with Crippen molar-refractivity contribution >= 4 is 5.91 Å². The fourth-order valence-corrected chi connectivity index (χ4v) is 2.29. The zero-order chi connectivity index (χ0) is 13.9. The lowest BCUT2D eigenvalue weighted by molar-refractivity contribution is -0.180. The summed E-state index contributed by atoms with van der Waals surface area (Å²) in [4.78, 5) is 11.7. The largest absolute Gasteiger partial charge is 0.349 e. The molecular formula is C14H16F3NO. The minimum Gasteiger partial charge on any atom is -0.349 e. The van der Waals surface area contributed by atoms with Crippen molar-refractivity contribution < 1.29 is 18.0 Å². The molecule has 0 spiro atoms. The van der Waals surface area contributed by atoms with Gasteiger partial charge in [-0.2, -0.15) is 0 Å². The van der Waals surface area contributed by atoms with Crippen LogP contribution >= 0.6 is 0 Å². The Kier molecular flexibility index (Phi) is 3.83. The molecule has 1 N–H and O–H groups in total. The highest BCUT2D eigenvalue weighted by Crippen LogP contribution is 2.44. The second kappa shape index (κ2) is 5.23. The Morgan fingerprint density at radius 2 is 1.74 bits per heavy atom. The Hall–Kier alpha value is -1.52. The van der Waals surface area contributed by atoms with E-state index >= 15 is 0 Å². The molecule has 1 fully saturated rings. The van der Waals surface area contributed by atoms with Crippen LogP contribution in [0.2, 0.25) is 0 Å². The molecule has 1 unspecified atom stereocenters. The van der Waals surface area contributed by atoms with Crippen LogP contribution in [0, 0.1) is 0 Å². The third-order valence-electron chi connectivity index (χ3n) is 3.50. The highest BCUT2D eigenvalue weighted by molar-refractivity contribution is 5.86. The molecule has 1 amide bonds. The number of carbonyl (C=O) groups is 1. The summed E-state index contributed by atoms with van der Waals surface area (Å²) < 4.78 is 41.5. The van der Waals surface area contributed by atoms with E-state index in [0.29, 0.717) is 6.42 Å². The van der Waals surface area contributed by atoms with Crippen molar-refractivity contribution in [2.45, 2.75) is 43.8 Å². The predicted molar refractivity (Wildman–Crippen MR) is 65.5 cm³/mol. The molecular weight excluding hydrogens is 255 g/mol. The molecule has 19 heavy (non-hydrogen) atoms. The fraction of sp³-hybridized carbons (Fsp3) is 0.500. The van der Waals surface area contributed by atoms with Crippen LogP contribution in [0.15, 0.2) is 30.3 Å². The zero-order valence-corrected chi connectivity index (χ0v) is 10.5. The molecule has 0 saturated heterocycles. The van der Waals surface area contributed by atoms with Crippen LogP contribution in [-0.4, -0.2) is 17.5 Å². The third kappa shape index (κ3) is 2.74. The molecule has 1 aromatic carbocycles. The van der Waals surface area contributed by atoms with Gasteiger partial charge in [0.15, 0.2) is 0 Å². The van der Waals surface area contributed by atoms with Crippen molar-refractivity contribution in [1.82, 2.24) is 5.32 Å². The van der Waals surface area contributed by atoms with E-state index in [0.717, 1.165) is 5.56 Å². The average molecular weight is 271 g/mol. The number of nitrogens with one attached hydrogen (secondary N) is 1. The second-order valence-corrected chi connectivity index (χ2v) is 4.88. The van der Waals surface area contributed by atoms with E-state index in [4.69, 9.17) is 0 Å². The molecule has 2 nitrogen and oxygen atoms in total. The summed E-state index contributed by atoms with van der Waals surface area (Å²) in [7, 11) is 0. The van der Waals surface area contributed by atoms with Gasteiger partial charge in [-0.15, -0.1) is 0 Å². The van der Waals surface area contributed by atoms with Crippen molar-refractivity contribution in [2.75, 3.05) is 0 Å². The first-order valence-corrected chi connectivity index (χ1v) is 6.35. The van der Waals surface area contributed by atoms with Crippen molar-refractivity contribution in [1.29, 1.82) is 0 Å². The Bertz CT molecular complexity index is 449. The summed E-state index contributed by atoms with van der Waals surface area (Å²) in [5.74, 6) is -4.78. The summed E-state index contributed by atoms with van der Waals surface area (Å²) in [5, 5.41) is 2.27. The topological polar surface area (TPSA) is 29.1 Å². The van der Waals surface area contributed by atoms with Crippen molar-refractivity contribution in [3.05, 3.63) is 35.9 Å². The lowest BCUT2D eigenvalue weighted by Crippen LogP contribution is -2.57. The molecule has 5 heteroatoms. The number of rotatable bonds is 3. The minimum atomic E-state index is -3.58. The lowest BCUT2D eigenvalue weighted by Gasteiger charge is -2.35. The molecule has 1 aromatic rings. The van der Waals surface area contributed by atoms with Gasteiger partial charge in [0.1, 0.15) is 0 Å². The summed E-state index contributed by atoms with van der Waals surface area (Å²) in [6.07, 6.45) is -0.418. The maximum absolute atomic E-state index is 14.3. The number of hydrogen-bond donors (Lipinski definition) is 1. The van der Waals surface area contributed by atoms with Gasteiger partial charge >= 0.3 is 0 Å². The normalized spacial score (nSPS) is 25.8. The molecule has 0 aliphatic heterocycles. The second-order valence-electron chi connectivity index (χ2n) is 4.88. The first-order chi connectivity index (χ1) is 8.96. The van der Waals surface area contributed by atoms with Crippen LogP contribution in [-0.2, 0) is 11.3 Å². The average Bonchev–Trinajstić information content (AvgIpc) is 2.40. The van der Waals surface area contributed by atoms with Gasteiger partial charge in [-0.3, -0.25) is 4.79 Å². The van der Waals surface area contributed by atoms with Gasteiger partial charge in [0.2, 0.25) is 0 Å². The number of halogens is 3. The molecule has 0 radical (unpaired) electrons. The number of carbonyl (C=O) groups excluding carboxylic acids is 1. The van der Waals surface area contributed by atoms with Gasteiger partial charge in [-0.1, -0.05) is 30.3 Å². The highest BCUT2D eigenvalue weighted by Gasteiger charge is 2.60. The fourth-order valence-electron chi connectivity index (χ4n) is 2.29. The first kappa shape index (κ1) is 13.9. The van der Waals surface area contributed by atoms with E-state index in [-0.39, 0.29) is 13.0 Å². The van der Waals surface area contributed by atoms with Gasteiger partial charge in [0, 0.05) is 13.0 Å². The van der Waals surface area contributed by atoms with E-state index in [9.17, 15) is 18.0 Å². The lowest BCUT2D eigenvalue weighted by atomic mass is 9.82. The Morgan fingerprint density at radius 1 is 1.11 bits per heavy atom. The molecule has 104 valence electrons. The molecule has 1 saturated carbocycles. The first-order valence-electron chi connectivity index (χ1n) is 6.35. The predicted octanol–water partition coefficient (Wildman–Crippen LogP) is 3.22. The quantitative estimate of drug-likeness (QED) is 0.898. The standard InChI is InChI=1S/C14H16F3NO/c15-13(8-4-5-9-14(13,16)17)12(19)18-10-11-6-2-1-3-7-11/h1-3,6-7H,4-5,8-10H2,(H,18,19). The monoisotopic (exact) mass is 271 g/mol. The van der Waals surface area contributed by atoms with Crippen molar-refractivity contribution in [3.63, 3.8) is 0 Å². The SMILES string of the molecule is O=C(NCc1ccccc1)C1(F)CCCCC1(F)F. The molecule has 1 atom stereocenters. The van der Waals surface area contributed by atoms with Gasteiger partial charge in [0.05, 0.1) is 0 Å². The van der Waals surface area contributed by atoms with Gasteiger partial charge in [0.25, 0.3) is 17.5 Å². The van der Waals surface area contributed by atoms with Crippen LogP contribution < -0.4 is 5.32 Å². The number of hydrogen-bond acceptors (Lipinski definition) is 1. The summed E-state index contributed by atoms with van der Waals surface area (Å²) in [5.41, 5.74) is -2.32. The van der Waals surface area contributed by atoms with Crippen LogP contribution in [0.5, 0.6) is 0 Å². The van der Waals surface area contributed by atoms with E-state index in [1.807, 2.05) is 0 Å².